The SMILES string of the molecule is CCCCCN=C(N)N/N=C/c1c[nH]c2ccc(OC)cc12.CCCCCN=C(N)N/N=C/c1c[nH]c2ccc(OC)cc12.O=C(O)/C=C\C(=O)O. The molecule has 16 nitrogen and oxygen atoms in total. The number of unbranched alkanes of at least 4 members (excludes halogenated alkanes) is 4. The van der Waals surface area contributed by atoms with Crippen LogP contribution in [-0.2, 0) is 9.59 Å². The van der Waals surface area contributed by atoms with E-state index >= 15 is 0 Å². The van der Waals surface area contributed by atoms with Crippen LogP contribution in [0.2, 0.25) is 0 Å². The number of hydrogen-bond donors (Lipinski definition) is 8. The van der Waals surface area contributed by atoms with Crippen molar-refractivity contribution in [3.63, 3.8) is 0 Å². The smallest absolute Gasteiger partial charge is 0.328 e. The van der Waals surface area contributed by atoms with Gasteiger partial charge in [0, 0.05) is 70.6 Å². The Morgan fingerprint density at radius 2 is 1.12 bits per heavy atom. The van der Waals surface area contributed by atoms with Crippen molar-refractivity contribution in [1.82, 2.24) is 20.8 Å². The molecule has 52 heavy (non-hydrogen) atoms. The number of aliphatic carboxylic acids is 2. The van der Waals surface area contributed by atoms with Crippen molar-refractivity contribution >= 4 is 58.1 Å². The lowest BCUT2D eigenvalue weighted by molar-refractivity contribution is -0.134. The fraction of sp³-hybridized carbons (Fsp3) is 0.333. The van der Waals surface area contributed by atoms with Crippen LogP contribution in [0.4, 0.5) is 0 Å². The van der Waals surface area contributed by atoms with Crippen molar-refractivity contribution in [3.05, 3.63) is 72.1 Å². The summed E-state index contributed by atoms with van der Waals surface area (Å²) in [5.74, 6) is -0.215. The van der Waals surface area contributed by atoms with Gasteiger partial charge in [-0.1, -0.05) is 39.5 Å². The average molecular weight is 719 g/mol. The van der Waals surface area contributed by atoms with Gasteiger partial charge in [0.15, 0.2) is 0 Å². The molecule has 0 saturated carbocycles. The lowest BCUT2D eigenvalue weighted by Gasteiger charge is -2.00. The first-order valence-electron chi connectivity index (χ1n) is 16.7. The Balaban J connectivity index is 0.000000299. The lowest BCUT2D eigenvalue weighted by atomic mass is 10.2. The van der Waals surface area contributed by atoms with Crippen LogP contribution in [0.5, 0.6) is 11.5 Å². The molecule has 0 spiro atoms. The van der Waals surface area contributed by atoms with Crippen molar-refractivity contribution in [2.45, 2.75) is 52.4 Å². The van der Waals surface area contributed by atoms with Crippen LogP contribution in [0.25, 0.3) is 21.8 Å². The molecule has 0 amide bonds. The number of carbonyl (C=O) groups is 2. The summed E-state index contributed by atoms with van der Waals surface area (Å²) in [6.45, 7) is 5.77. The van der Waals surface area contributed by atoms with E-state index in [0.29, 0.717) is 24.1 Å². The number of guanidine groups is 2. The van der Waals surface area contributed by atoms with Crippen LogP contribution < -0.4 is 31.8 Å². The molecule has 0 unspecified atom stereocenters. The number of H-pyrrole nitrogens is 2. The summed E-state index contributed by atoms with van der Waals surface area (Å²) in [5, 5.41) is 26.0. The Labute approximate surface area is 302 Å². The predicted octanol–water partition coefficient (Wildman–Crippen LogP) is 4.92. The van der Waals surface area contributed by atoms with Crippen LogP contribution >= 0.6 is 0 Å². The Hall–Kier alpha value is -6.32. The molecule has 2 heterocycles. The van der Waals surface area contributed by atoms with Gasteiger partial charge in [-0.15, -0.1) is 0 Å². The molecule has 0 fully saturated rings. The average Bonchev–Trinajstić information content (AvgIpc) is 3.74. The third-order valence-electron chi connectivity index (χ3n) is 7.06. The summed E-state index contributed by atoms with van der Waals surface area (Å²) in [7, 11) is 3.30. The van der Waals surface area contributed by atoms with Crippen molar-refractivity contribution in [3.8, 4) is 11.5 Å². The molecular formula is C36H50N10O6. The first-order chi connectivity index (χ1) is 25.1. The second-order valence-corrected chi connectivity index (χ2v) is 11.0. The number of methoxy groups -OCH3 is 2. The molecule has 4 aromatic rings. The minimum absolute atomic E-state index is 0.338. The Kier molecular flexibility index (Phi) is 19.3. The molecule has 16 heteroatoms. The van der Waals surface area contributed by atoms with Crippen LogP contribution in [0.1, 0.15) is 63.5 Å². The zero-order valence-electron chi connectivity index (χ0n) is 30.1. The number of benzene rings is 2. The molecule has 2 aromatic carbocycles. The zero-order chi connectivity index (χ0) is 38.1. The fourth-order valence-electron chi connectivity index (χ4n) is 4.38. The highest BCUT2D eigenvalue weighted by molar-refractivity contribution is 6.00. The Bertz CT molecular complexity index is 1710. The van der Waals surface area contributed by atoms with Crippen molar-refractivity contribution < 1.29 is 29.3 Å². The number of aliphatic imine (C=N–C) groups is 2. The van der Waals surface area contributed by atoms with Gasteiger partial charge >= 0.3 is 11.9 Å². The summed E-state index contributed by atoms with van der Waals surface area (Å²) in [4.78, 5) is 33.9. The molecule has 0 radical (unpaired) electrons. The van der Waals surface area contributed by atoms with Crippen LogP contribution in [0.3, 0.4) is 0 Å². The Morgan fingerprint density at radius 3 is 1.46 bits per heavy atom. The minimum Gasteiger partial charge on any atom is -0.497 e. The number of aromatic amines is 2. The predicted molar refractivity (Wildman–Crippen MR) is 208 cm³/mol. The molecule has 0 bridgehead atoms. The largest absolute Gasteiger partial charge is 0.497 e. The molecule has 10 N–H and O–H groups in total. The molecule has 0 aliphatic heterocycles. The summed E-state index contributed by atoms with van der Waals surface area (Å²) in [6, 6.07) is 11.7. The number of hydrazone groups is 2. The van der Waals surface area contributed by atoms with Gasteiger partial charge in [0.25, 0.3) is 0 Å². The van der Waals surface area contributed by atoms with E-state index in [2.05, 4.69) is 54.9 Å². The topological polar surface area (TPSA) is 250 Å². The molecule has 280 valence electrons. The van der Waals surface area contributed by atoms with Gasteiger partial charge in [0.1, 0.15) is 11.5 Å². The summed E-state index contributed by atoms with van der Waals surface area (Å²) >= 11 is 0. The second kappa shape index (κ2) is 23.9. The zero-order valence-corrected chi connectivity index (χ0v) is 30.1. The van der Waals surface area contributed by atoms with Gasteiger partial charge < -0.3 is 41.1 Å². The molecule has 4 rings (SSSR count). The number of nitrogens with one attached hydrogen (secondary N) is 4. The molecule has 0 atom stereocenters. The number of nitrogens with zero attached hydrogens (tertiary/aromatic N) is 4. The third-order valence-corrected chi connectivity index (χ3v) is 7.06. The van der Waals surface area contributed by atoms with E-state index in [4.69, 9.17) is 31.2 Å². The molecule has 0 saturated heterocycles. The maximum Gasteiger partial charge on any atom is 0.328 e. The highest BCUT2D eigenvalue weighted by Crippen LogP contribution is 2.23. The van der Waals surface area contributed by atoms with Crippen molar-refractivity contribution in [2.24, 2.45) is 31.7 Å². The summed E-state index contributed by atoms with van der Waals surface area (Å²) < 4.78 is 10.5. The number of carboxylic acid groups (broad SMARTS) is 2. The first kappa shape index (κ1) is 41.8. The number of hydrogen-bond acceptors (Lipinski definition) is 8. The number of nitrogens with two attached hydrogens (primary N) is 2. The van der Waals surface area contributed by atoms with E-state index in [0.717, 1.165) is 83.2 Å². The van der Waals surface area contributed by atoms with E-state index in [9.17, 15) is 9.59 Å². The molecule has 0 aliphatic rings. The van der Waals surface area contributed by atoms with Crippen LogP contribution in [-0.4, -0.2) is 83.8 Å². The van der Waals surface area contributed by atoms with Crippen LogP contribution in [0.15, 0.2) is 81.1 Å². The number of carboxylic acids is 2. The van der Waals surface area contributed by atoms with Gasteiger partial charge in [-0.3, -0.25) is 9.98 Å². The maximum atomic E-state index is 9.55. The molecule has 2 aromatic heterocycles. The lowest BCUT2D eigenvalue weighted by Crippen LogP contribution is -2.27. The third kappa shape index (κ3) is 15.9. The number of aromatic nitrogens is 2. The van der Waals surface area contributed by atoms with Crippen molar-refractivity contribution in [1.29, 1.82) is 0 Å². The molecular weight excluding hydrogens is 668 g/mol. The summed E-state index contributed by atoms with van der Waals surface area (Å²) in [5.41, 5.74) is 21.0. The fourth-order valence-corrected chi connectivity index (χ4v) is 4.38. The van der Waals surface area contributed by atoms with E-state index in [-0.39, 0.29) is 0 Å². The normalized spacial score (nSPS) is 11.8. The standard InChI is InChI=1S/2C16H23N5O.C4H4O4/c2*1-3-4-5-8-18-16(17)21-20-11-12-10-19-15-7-6-13(22-2)9-14(12)15;5-3(6)1-2-4(7)8/h2*6-7,9-11,19H,3-5,8H2,1-2H3,(H3,17,18,21);1-2H,(H,5,6)(H,7,8)/b2*20-11+;2-1-. The maximum absolute atomic E-state index is 9.55. The highest BCUT2D eigenvalue weighted by Gasteiger charge is 2.04. The highest BCUT2D eigenvalue weighted by atomic mass is 16.5. The van der Waals surface area contributed by atoms with E-state index in [1.54, 1.807) is 26.6 Å². The van der Waals surface area contributed by atoms with Gasteiger partial charge in [-0.25, -0.2) is 20.4 Å². The minimum atomic E-state index is -1.26. The van der Waals surface area contributed by atoms with Gasteiger partial charge in [0.2, 0.25) is 11.9 Å². The Morgan fingerprint density at radius 1 is 0.712 bits per heavy atom. The number of rotatable bonds is 16. The van der Waals surface area contributed by atoms with E-state index in [1.807, 2.05) is 48.8 Å². The van der Waals surface area contributed by atoms with Crippen molar-refractivity contribution in [2.75, 3.05) is 27.3 Å². The van der Waals surface area contributed by atoms with E-state index < -0.39 is 11.9 Å². The van der Waals surface area contributed by atoms with E-state index in [1.165, 1.54) is 12.8 Å². The summed E-state index contributed by atoms with van der Waals surface area (Å²) in [6.07, 6.45) is 15.1. The van der Waals surface area contributed by atoms with Crippen LogP contribution in [0, 0.1) is 0 Å². The molecule has 0 aliphatic carbocycles. The van der Waals surface area contributed by atoms with Gasteiger partial charge in [0.05, 0.1) is 26.6 Å². The second-order valence-electron chi connectivity index (χ2n) is 11.0. The number of fused-ring (bicyclic) bond motifs is 2. The monoisotopic (exact) mass is 718 g/mol. The number of ether oxygens (including phenoxy) is 2. The quantitative estimate of drug-likeness (QED) is 0.0255. The van der Waals surface area contributed by atoms with Gasteiger partial charge in [-0.2, -0.15) is 10.2 Å². The van der Waals surface area contributed by atoms with Gasteiger partial charge in [-0.05, 0) is 49.2 Å². The first-order valence-corrected chi connectivity index (χ1v) is 16.7.